The number of likely N-dealkylation sites (N-methyl/N-ethyl adjacent to an activating group) is 1. The number of nitrogens with one attached hydrogen (secondary N) is 1. The van der Waals surface area contributed by atoms with Gasteiger partial charge in [0.2, 0.25) is 0 Å². The molecular weight excluding hydrogens is 330 g/mol. The van der Waals surface area contributed by atoms with Crippen molar-refractivity contribution in [1.82, 2.24) is 5.32 Å². The van der Waals surface area contributed by atoms with E-state index in [2.05, 4.69) is 75.2 Å². The van der Waals surface area contributed by atoms with Crippen molar-refractivity contribution < 1.29 is 0 Å². The molecule has 0 saturated heterocycles. The second kappa shape index (κ2) is 6.08. The van der Waals surface area contributed by atoms with Crippen LogP contribution in [0.2, 0.25) is 0 Å². The Kier molecular flexibility index (Phi) is 4.20. The fourth-order valence-electron chi connectivity index (χ4n) is 2.54. The van der Waals surface area contributed by atoms with Crippen molar-refractivity contribution in [2.45, 2.75) is 12.5 Å². The fourth-order valence-corrected chi connectivity index (χ4v) is 3.96. The summed E-state index contributed by atoms with van der Waals surface area (Å²) in [6.45, 7) is 0. The molecule has 102 valence electrons. The van der Waals surface area contributed by atoms with Crippen molar-refractivity contribution in [2.75, 3.05) is 7.05 Å². The quantitative estimate of drug-likeness (QED) is 0.687. The molecule has 3 heteroatoms. The Bertz CT molecular complexity index is 720. The number of rotatable bonds is 4. The molecule has 0 bridgehead atoms. The monoisotopic (exact) mass is 345 g/mol. The molecule has 0 spiro atoms. The van der Waals surface area contributed by atoms with Crippen LogP contribution in [0.25, 0.3) is 10.1 Å². The van der Waals surface area contributed by atoms with E-state index in [1.807, 2.05) is 18.4 Å². The first-order valence-electron chi connectivity index (χ1n) is 6.66. The summed E-state index contributed by atoms with van der Waals surface area (Å²) in [7, 11) is 2.04. The predicted octanol–water partition coefficient (Wildman–Crippen LogP) is 5.17. The highest BCUT2D eigenvalue weighted by Crippen LogP contribution is 2.31. The first-order valence-corrected chi connectivity index (χ1v) is 8.33. The Morgan fingerprint density at radius 2 is 1.95 bits per heavy atom. The third-order valence-corrected chi connectivity index (χ3v) is 5.37. The lowest BCUT2D eigenvalue weighted by atomic mass is 9.98. The van der Waals surface area contributed by atoms with Crippen LogP contribution in [0.1, 0.15) is 17.2 Å². The van der Waals surface area contributed by atoms with Gasteiger partial charge in [-0.15, -0.1) is 11.3 Å². The number of hydrogen-bond donors (Lipinski definition) is 1. The molecule has 0 radical (unpaired) electrons. The van der Waals surface area contributed by atoms with Crippen molar-refractivity contribution in [1.29, 1.82) is 0 Å². The Morgan fingerprint density at radius 1 is 1.10 bits per heavy atom. The van der Waals surface area contributed by atoms with Gasteiger partial charge >= 0.3 is 0 Å². The topological polar surface area (TPSA) is 12.0 Å². The number of halogens is 1. The van der Waals surface area contributed by atoms with Gasteiger partial charge in [0.1, 0.15) is 0 Å². The van der Waals surface area contributed by atoms with Gasteiger partial charge in [0, 0.05) is 15.2 Å². The van der Waals surface area contributed by atoms with E-state index >= 15 is 0 Å². The second-order valence-electron chi connectivity index (χ2n) is 4.82. The molecule has 1 N–H and O–H groups in total. The molecule has 0 aliphatic rings. The summed E-state index contributed by atoms with van der Waals surface area (Å²) < 4.78 is 2.57. The molecule has 0 aliphatic carbocycles. The van der Waals surface area contributed by atoms with Crippen LogP contribution in [0.3, 0.4) is 0 Å². The summed E-state index contributed by atoms with van der Waals surface area (Å²) >= 11 is 5.46. The van der Waals surface area contributed by atoms with Gasteiger partial charge < -0.3 is 5.32 Å². The third kappa shape index (κ3) is 2.66. The van der Waals surface area contributed by atoms with Gasteiger partial charge in [-0.25, -0.2) is 0 Å². The highest BCUT2D eigenvalue weighted by atomic mass is 79.9. The minimum absolute atomic E-state index is 0.330. The number of hydrogen-bond acceptors (Lipinski definition) is 2. The zero-order valence-electron chi connectivity index (χ0n) is 11.3. The van der Waals surface area contributed by atoms with Gasteiger partial charge in [-0.05, 0) is 47.5 Å². The summed E-state index contributed by atoms with van der Waals surface area (Å²) in [6, 6.07) is 17.5. The maximum absolute atomic E-state index is 3.64. The van der Waals surface area contributed by atoms with Crippen LogP contribution in [0.5, 0.6) is 0 Å². The van der Waals surface area contributed by atoms with Crippen molar-refractivity contribution >= 4 is 37.4 Å². The lowest BCUT2D eigenvalue weighted by Gasteiger charge is -2.18. The minimum atomic E-state index is 0.330. The Balaban J connectivity index is 1.98. The van der Waals surface area contributed by atoms with Gasteiger partial charge in [0.15, 0.2) is 0 Å². The Morgan fingerprint density at radius 3 is 2.75 bits per heavy atom. The number of fused-ring (bicyclic) bond motifs is 1. The van der Waals surface area contributed by atoms with Crippen LogP contribution >= 0.6 is 27.3 Å². The predicted molar refractivity (Wildman–Crippen MR) is 91.5 cm³/mol. The van der Waals surface area contributed by atoms with E-state index in [4.69, 9.17) is 0 Å². The van der Waals surface area contributed by atoms with E-state index in [1.165, 1.54) is 25.7 Å². The summed E-state index contributed by atoms with van der Waals surface area (Å²) in [5.41, 5.74) is 2.72. The van der Waals surface area contributed by atoms with Gasteiger partial charge in [0.25, 0.3) is 0 Å². The van der Waals surface area contributed by atoms with Crippen LogP contribution in [0.4, 0.5) is 0 Å². The molecule has 3 rings (SSSR count). The zero-order chi connectivity index (χ0) is 13.9. The summed E-state index contributed by atoms with van der Waals surface area (Å²) in [4.78, 5) is 0. The molecule has 0 amide bonds. The second-order valence-corrected chi connectivity index (χ2v) is 6.59. The number of thiophene rings is 1. The largest absolute Gasteiger partial charge is 0.313 e. The average molecular weight is 346 g/mol. The highest BCUT2D eigenvalue weighted by molar-refractivity contribution is 9.10. The molecule has 0 saturated carbocycles. The van der Waals surface area contributed by atoms with Crippen LogP contribution in [0.15, 0.2) is 58.4 Å². The van der Waals surface area contributed by atoms with Gasteiger partial charge in [-0.3, -0.25) is 0 Å². The molecule has 3 aromatic rings. The van der Waals surface area contributed by atoms with Gasteiger partial charge in [0.05, 0.1) is 0 Å². The van der Waals surface area contributed by atoms with Gasteiger partial charge in [-0.2, -0.15) is 0 Å². The third-order valence-electron chi connectivity index (χ3n) is 3.62. The van der Waals surface area contributed by atoms with E-state index in [1.54, 1.807) is 0 Å². The smallest absolute Gasteiger partial charge is 0.0390 e. The molecule has 1 nitrogen and oxygen atoms in total. The maximum atomic E-state index is 3.64. The molecule has 2 aromatic carbocycles. The van der Waals surface area contributed by atoms with E-state index in [-0.39, 0.29) is 0 Å². The van der Waals surface area contributed by atoms with Crippen LogP contribution in [-0.4, -0.2) is 7.05 Å². The molecule has 1 atom stereocenters. The standard InChI is InChI=1S/C17H16BrNS/c1-19-16(11-13-5-2-3-8-15(13)18)14-7-4-6-12-9-10-20-17(12)14/h2-10,16,19H,11H2,1H3. The van der Waals surface area contributed by atoms with E-state index in [0.29, 0.717) is 6.04 Å². The molecule has 1 aromatic heterocycles. The molecule has 0 aliphatic heterocycles. The molecular formula is C17H16BrNS. The lowest BCUT2D eigenvalue weighted by Crippen LogP contribution is -2.19. The normalized spacial score (nSPS) is 12.7. The maximum Gasteiger partial charge on any atom is 0.0390 e. The first-order chi connectivity index (χ1) is 9.79. The van der Waals surface area contributed by atoms with Crippen molar-refractivity contribution in [2.24, 2.45) is 0 Å². The first kappa shape index (κ1) is 13.8. The average Bonchev–Trinajstić information content (AvgIpc) is 2.95. The Hall–Kier alpha value is -1.16. The van der Waals surface area contributed by atoms with E-state index in [9.17, 15) is 0 Å². The molecule has 0 fully saturated rings. The van der Waals surface area contributed by atoms with Crippen molar-refractivity contribution in [3.8, 4) is 0 Å². The van der Waals surface area contributed by atoms with Crippen LogP contribution in [0, 0.1) is 0 Å². The van der Waals surface area contributed by atoms with Crippen molar-refractivity contribution in [3.05, 3.63) is 69.5 Å². The summed E-state index contributed by atoms with van der Waals surface area (Å²) in [5.74, 6) is 0. The highest BCUT2D eigenvalue weighted by Gasteiger charge is 2.15. The van der Waals surface area contributed by atoms with Crippen molar-refractivity contribution in [3.63, 3.8) is 0 Å². The lowest BCUT2D eigenvalue weighted by molar-refractivity contribution is 0.596. The number of benzene rings is 2. The SMILES string of the molecule is CNC(Cc1ccccc1Br)c1cccc2ccsc12. The van der Waals surface area contributed by atoms with Crippen LogP contribution < -0.4 is 5.32 Å². The minimum Gasteiger partial charge on any atom is -0.313 e. The molecule has 1 unspecified atom stereocenters. The van der Waals surface area contributed by atoms with E-state index < -0.39 is 0 Å². The summed E-state index contributed by atoms with van der Waals surface area (Å²) in [5, 5.41) is 6.96. The molecule has 20 heavy (non-hydrogen) atoms. The fraction of sp³-hybridized carbons (Fsp3) is 0.176. The molecule has 1 heterocycles. The van der Waals surface area contributed by atoms with E-state index in [0.717, 1.165) is 6.42 Å². The van der Waals surface area contributed by atoms with Crippen LogP contribution in [-0.2, 0) is 6.42 Å². The Labute approximate surface area is 131 Å². The van der Waals surface area contributed by atoms with Gasteiger partial charge in [-0.1, -0.05) is 52.3 Å². The summed E-state index contributed by atoms with van der Waals surface area (Å²) in [6.07, 6.45) is 0.981. The zero-order valence-corrected chi connectivity index (χ0v) is 13.7.